The number of nitrogens with two attached hydrogens (primary N) is 1. The number of hydrogen-bond acceptors (Lipinski definition) is 7. The highest BCUT2D eigenvalue weighted by molar-refractivity contribution is 5.99. The third kappa shape index (κ3) is 4.65. The molecule has 12 heteroatoms. The number of nitrogens with one attached hydrogen (secondary N) is 3. The van der Waals surface area contributed by atoms with Crippen LogP contribution in [0.2, 0.25) is 0 Å². The van der Waals surface area contributed by atoms with Crippen LogP contribution in [0, 0.1) is 0 Å². The Balaban J connectivity index is 1.77. The third-order valence-electron chi connectivity index (χ3n) is 4.78. The van der Waals surface area contributed by atoms with Crippen LogP contribution in [0.4, 0.5) is 0 Å². The molecule has 154 valence electrons. The molecule has 0 aliphatic carbocycles. The third-order valence-corrected chi connectivity index (χ3v) is 4.78. The minimum Gasteiger partial charge on any atom is -0.368 e. The van der Waals surface area contributed by atoms with E-state index in [4.69, 9.17) is 5.73 Å². The first kappa shape index (κ1) is 20.2. The molecule has 0 saturated carbocycles. The Hall–Kier alpha value is -3.57. The molecule has 5 N–H and O–H groups in total. The number of nitrogens with zero attached hydrogens (tertiary/aromatic N) is 3. The molecule has 2 fully saturated rings. The zero-order chi connectivity index (χ0) is 21.0. The van der Waals surface area contributed by atoms with Crippen molar-refractivity contribution in [3.8, 4) is 0 Å². The Morgan fingerprint density at radius 2 is 2.00 bits per heavy atom. The highest BCUT2D eigenvalue weighted by Crippen LogP contribution is 2.18. The van der Waals surface area contributed by atoms with Crippen LogP contribution in [0.15, 0.2) is 18.6 Å². The van der Waals surface area contributed by atoms with Crippen LogP contribution in [0.25, 0.3) is 0 Å². The van der Waals surface area contributed by atoms with Gasteiger partial charge in [0.25, 0.3) is 11.8 Å². The molecule has 3 atom stereocenters. The molecule has 2 aliphatic rings. The first-order chi connectivity index (χ1) is 13.9. The van der Waals surface area contributed by atoms with Crippen molar-refractivity contribution in [3.05, 3.63) is 24.3 Å². The van der Waals surface area contributed by atoms with Crippen molar-refractivity contribution in [1.82, 2.24) is 30.8 Å². The molecule has 3 heterocycles. The van der Waals surface area contributed by atoms with Gasteiger partial charge in [-0.2, -0.15) is 0 Å². The summed E-state index contributed by atoms with van der Waals surface area (Å²) in [4.78, 5) is 69.8. The fraction of sp³-hybridized carbons (Fsp3) is 0.471. The van der Waals surface area contributed by atoms with E-state index in [1.807, 2.05) is 0 Å². The van der Waals surface area contributed by atoms with Crippen molar-refractivity contribution in [2.75, 3.05) is 6.54 Å². The van der Waals surface area contributed by atoms with Gasteiger partial charge >= 0.3 is 0 Å². The van der Waals surface area contributed by atoms with Crippen LogP contribution in [0.3, 0.4) is 0 Å². The number of aromatic nitrogens is 2. The summed E-state index contributed by atoms with van der Waals surface area (Å²) in [5.41, 5.74) is 5.31. The van der Waals surface area contributed by atoms with E-state index in [1.165, 1.54) is 23.5 Å². The monoisotopic (exact) mass is 403 g/mol. The molecular weight excluding hydrogens is 382 g/mol. The molecule has 1 aromatic heterocycles. The minimum absolute atomic E-state index is 0.0541. The normalized spacial score (nSPS) is 21.9. The predicted molar refractivity (Wildman–Crippen MR) is 96.5 cm³/mol. The molecule has 2 saturated heterocycles. The lowest BCUT2D eigenvalue weighted by Gasteiger charge is -2.28. The van der Waals surface area contributed by atoms with Gasteiger partial charge in [0.05, 0.1) is 6.20 Å². The van der Waals surface area contributed by atoms with Crippen molar-refractivity contribution >= 4 is 29.5 Å². The average Bonchev–Trinajstić information content (AvgIpc) is 3.36. The summed E-state index contributed by atoms with van der Waals surface area (Å²) in [6.07, 6.45) is 3.87. The summed E-state index contributed by atoms with van der Waals surface area (Å²) in [7, 11) is 0. The van der Waals surface area contributed by atoms with Gasteiger partial charge in [-0.05, 0) is 19.3 Å². The van der Waals surface area contributed by atoms with Crippen molar-refractivity contribution in [2.24, 2.45) is 5.73 Å². The van der Waals surface area contributed by atoms with Crippen molar-refractivity contribution in [3.63, 3.8) is 0 Å². The Morgan fingerprint density at radius 3 is 2.62 bits per heavy atom. The van der Waals surface area contributed by atoms with Crippen molar-refractivity contribution < 1.29 is 24.0 Å². The fourth-order valence-electron chi connectivity index (χ4n) is 3.33. The van der Waals surface area contributed by atoms with Crippen molar-refractivity contribution in [2.45, 2.75) is 43.9 Å². The number of rotatable bonds is 6. The van der Waals surface area contributed by atoms with E-state index in [9.17, 15) is 24.0 Å². The summed E-state index contributed by atoms with van der Waals surface area (Å²) in [5.74, 6) is -2.97. The minimum atomic E-state index is -1.46. The van der Waals surface area contributed by atoms with Crippen LogP contribution in [0.1, 0.15) is 36.2 Å². The maximum Gasteiger partial charge on any atom is 0.273 e. The van der Waals surface area contributed by atoms with Gasteiger partial charge in [-0.25, -0.2) is 4.98 Å². The first-order valence-electron chi connectivity index (χ1n) is 9.13. The van der Waals surface area contributed by atoms with E-state index in [1.54, 1.807) is 0 Å². The molecule has 2 aliphatic heterocycles. The van der Waals surface area contributed by atoms with Gasteiger partial charge in [-0.1, -0.05) is 0 Å². The number of primary amides is 1. The molecule has 12 nitrogen and oxygen atoms in total. The van der Waals surface area contributed by atoms with E-state index < -0.39 is 41.9 Å². The highest BCUT2D eigenvalue weighted by Gasteiger charge is 2.39. The zero-order valence-electron chi connectivity index (χ0n) is 15.5. The molecule has 1 aromatic rings. The summed E-state index contributed by atoms with van der Waals surface area (Å²) in [6, 6.07) is -1.63. The smallest absolute Gasteiger partial charge is 0.273 e. The van der Waals surface area contributed by atoms with Gasteiger partial charge < -0.3 is 26.6 Å². The lowest BCUT2D eigenvalue weighted by atomic mass is 10.2. The molecule has 29 heavy (non-hydrogen) atoms. The predicted octanol–water partition coefficient (Wildman–Crippen LogP) is -2.60. The Morgan fingerprint density at radius 1 is 1.21 bits per heavy atom. The maximum atomic E-state index is 13.0. The zero-order valence-corrected chi connectivity index (χ0v) is 15.5. The van der Waals surface area contributed by atoms with E-state index in [-0.39, 0.29) is 31.0 Å². The van der Waals surface area contributed by atoms with E-state index >= 15 is 0 Å². The van der Waals surface area contributed by atoms with Crippen LogP contribution in [-0.4, -0.2) is 69.2 Å². The number of hydrogen-bond donors (Lipinski definition) is 4. The maximum absolute atomic E-state index is 13.0. The SMILES string of the molecule is NC(=O)[C@@H]1CCCN1C(=O)C(NC(=O)c1cnccn1)NC(=O)[C@@H]1CCC(=O)N1. The molecule has 0 bridgehead atoms. The van der Waals surface area contributed by atoms with Crippen LogP contribution >= 0.6 is 0 Å². The largest absolute Gasteiger partial charge is 0.368 e. The highest BCUT2D eigenvalue weighted by atomic mass is 16.2. The fourth-order valence-corrected chi connectivity index (χ4v) is 3.33. The second kappa shape index (κ2) is 8.63. The Labute approximate surface area is 165 Å². The quantitative estimate of drug-likeness (QED) is 0.376. The van der Waals surface area contributed by atoms with Crippen LogP contribution in [0.5, 0.6) is 0 Å². The number of carbonyl (C=O) groups is 5. The lowest BCUT2D eigenvalue weighted by molar-refractivity contribution is -0.141. The van der Waals surface area contributed by atoms with Crippen molar-refractivity contribution in [1.29, 1.82) is 0 Å². The van der Waals surface area contributed by atoms with Gasteiger partial charge in [0.15, 0.2) is 6.17 Å². The van der Waals surface area contributed by atoms with Crippen LogP contribution in [-0.2, 0) is 19.2 Å². The molecule has 1 unspecified atom stereocenters. The second-order valence-corrected chi connectivity index (χ2v) is 6.76. The number of amides is 5. The lowest BCUT2D eigenvalue weighted by Crippen LogP contribution is -2.61. The first-order valence-corrected chi connectivity index (χ1v) is 9.13. The van der Waals surface area contributed by atoms with Crippen LogP contribution < -0.4 is 21.7 Å². The molecule has 0 radical (unpaired) electrons. The van der Waals surface area contributed by atoms with E-state index in [0.29, 0.717) is 12.8 Å². The van der Waals surface area contributed by atoms with Gasteiger partial charge in [-0.3, -0.25) is 29.0 Å². The summed E-state index contributed by atoms with van der Waals surface area (Å²) in [5, 5.41) is 7.34. The molecule has 5 amide bonds. The molecule has 0 aromatic carbocycles. The van der Waals surface area contributed by atoms with Gasteiger partial charge in [0, 0.05) is 25.4 Å². The van der Waals surface area contributed by atoms with Gasteiger partial charge in [-0.15, -0.1) is 0 Å². The average molecular weight is 403 g/mol. The molecule has 3 rings (SSSR count). The topological polar surface area (TPSA) is 176 Å². The summed E-state index contributed by atoms with van der Waals surface area (Å²) in [6.45, 7) is 0.264. The van der Waals surface area contributed by atoms with Gasteiger partial charge in [0.2, 0.25) is 17.7 Å². The van der Waals surface area contributed by atoms with E-state index in [0.717, 1.165) is 0 Å². The van der Waals surface area contributed by atoms with E-state index in [2.05, 4.69) is 25.9 Å². The Bertz CT molecular complexity index is 831. The standard InChI is InChI=1S/C17H21N7O5/c18-13(26)11-2-1-7-24(11)17(29)14(22-15(27)9-3-4-12(25)21-9)23-16(28)10-8-19-5-6-20-10/h5-6,8-9,11,14H,1-4,7H2,(H2,18,26)(H,21,25)(H,22,27)(H,23,28)/t9-,11-,14?/m0/s1. The Kier molecular flexibility index (Phi) is 6.00. The van der Waals surface area contributed by atoms with Gasteiger partial charge in [0.1, 0.15) is 17.8 Å². The summed E-state index contributed by atoms with van der Waals surface area (Å²) < 4.78 is 0. The molecular formula is C17H21N7O5. The number of carbonyl (C=O) groups excluding carboxylic acids is 5. The molecule has 0 spiro atoms. The second-order valence-electron chi connectivity index (χ2n) is 6.76. The number of likely N-dealkylation sites (tertiary alicyclic amines) is 1. The summed E-state index contributed by atoms with van der Waals surface area (Å²) >= 11 is 0.